The monoisotopic (exact) mass is 266 g/mol. The number of nitrogens with zero attached hydrogens (tertiary/aromatic N) is 1. The van der Waals surface area contributed by atoms with Crippen molar-refractivity contribution in [3.05, 3.63) is 24.0 Å². The van der Waals surface area contributed by atoms with E-state index in [4.69, 9.17) is 5.84 Å². The molecule has 1 amide bonds. The first-order chi connectivity index (χ1) is 8.64. The van der Waals surface area contributed by atoms with Gasteiger partial charge >= 0.3 is 0 Å². The summed E-state index contributed by atoms with van der Waals surface area (Å²) in [6.45, 7) is 2.88. The number of amides is 1. The molecule has 0 radical (unpaired) electrons. The Hall–Kier alpha value is -1.27. The normalized spacial score (nSPS) is 22.8. The van der Waals surface area contributed by atoms with E-state index in [0.717, 1.165) is 6.42 Å². The quantitative estimate of drug-likeness (QED) is 0.567. The number of nitrogens with two attached hydrogens (primary N) is 1. The van der Waals surface area contributed by atoms with E-state index >= 15 is 0 Å². The van der Waals surface area contributed by atoms with Gasteiger partial charge in [0.1, 0.15) is 0 Å². The van der Waals surface area contributed by atoms with E-state index in [0.29, 0.717) is 17.8 Å². The number of aromatic nitrogens is 1. The molecule has 1 aromatic heterocycles. The van der Waals surface area contributed by atoms with E-state index in [9.17, 15) is 4.79 Å². The van der Waals surface area contributed by atoms with Crippen LogP contribution < -0.4 is 16.6 Å². The summed E-state index contributed by atoms with van der Waals surface area (Å²) < 4.78 is 0.166. The fourth-order valence-corrected chi connectivity index (χ4v) is 3.29. The van der Waals surface area contributed by atoms with Crippen molar-refractivity contribution in [3.8, 4) is 0 Å². The number of pyridine rings is 1. The van der Waals surface area contributed by atoms with Crippen LogP contribution in [0.4, 0.5) is 5.69 Å². The molecule has 4 N–H and O–H groups in total. The third-order valence-corrected chi connectivity index (χ3v) is 4.68. The van der Waals surface area contributed by atoms with Crippen LogP contribution in [-0.4, -0.2) is 27.9 Å². The smallest absolute Gasteiger partial charge is 0.253 e. The maximum atomic E-state index is 12.1. The second-order valence-electron chi connectivity index (χ2n) is 4.65. The molecule has 18 heavy (non-hydrogen) atoms. The summed E-state index contributed by atoms with van der Waals surface area (Å²) in [5, 5.41) is 2.97. The van der Waals surface area contributed by atoms with Gasteiger partial charge in [0.15, 0.2) is 0 Å². The van der Waals surface area contributed by atoms with Crippen molar-refractivity contribution in [1.82, 2.24) is 10.3 Å². The molecule has 1 fully saturated rings. The Kier molecular flexibility index (Phi) is 4.08. The van der Waals surface area contributed by atoms with Gasteiger partial charge in [-0.1, -0.05) is 0 Å². The van der Waals surface area contributed by atoms with Crippen LogP contribution in [0.3, 0.4) is 0 Å². The highest BCUT2D eigenvalue weighted by Gasteiger charge is 2.30. The number of nitrogen functional groups attached to an aromatic ring is 1. The van der Waals surface area contributed by atoms with Gasteiger partial charge in [0.05, 0.1) is 17.4 Å². The molecule has 1 unspecified atom stereocenters. The lowest BCUT2D eigenvalue weighted by Crippen LogP contribution is -2.37. The molecule has 2 rings (SSSR count). The maximum Gasteiger partial charge on any atom is 0.253 e. The third kappa shape index (κ3) is 2.94. The molecule has 98 valence electrons. The summed E-state index contributed by atoms with van der Waals surface area (Å²) in [5.74, 6) is 6.42. The topological polar surface area (TPSA) is 80.0 Å². The molecular formula is C12H18N4OS. The summed E-state index contributed by atoms with van der Waals surface area (Å²) in [7, 11) is 0. The number of hydrazine groups is 1. The molecule has 1 aromatic rings. The highest BCUT2D eigenvalue weighted by Crippen LogP contribution is 2.37. The van der Waals surface area contributed by atoms with Gasteiger partial charge in [-0.15, -0.1) is 0 Å². The standard InChI is InChI=1S/C12H18N4OS/c1-12(4-2-6-18-12)8-15-11(17)9-3-5-14-7-10(9)16-13/h3,5,7,16H,2,4,6,8,13H2,1H3,(H,15,17). The molecule has 0 saturated carbocycles. The van der Waals surface area contributed by atoms with Crippen LogP contribution in [0.15, 0.2) is 18.5 Å². The van der Waals surface area contributed by atoms with Crippen molar-refractivity contribution in [3.63, 3.8) is 0 Å². The van der Waals surface area contributed by atoms with E-state index < -0.39 is 0 Å². The number of nitrogens with one attached hydrogen (secondary N) is 2. The molecule has 0 bridgehead atoms. The van der Waals surface area contributed by atoms with Gasteiger partial charge in [0.2, 0.25) is 0 Å². The van der Waals surface area contributed by atoms with Crippen molar-refractivity contribution in [2.45, 2.75) is 24.5 Å². The fraction of sp³-hybridized carbons (Fsp3) is 0.500. The van der Waals surface area contributed by atoms with Crippen molar-refractivity contribution in [2.75, 3.05) is 17.7 Å². The molecule has 2 heterocycles. The summed E-state index contributed by atoms with van der Waals surface area (Å²) in [5.41, 5.74) is 3.55. The molecule has 1 saturated heterocycles. The summed E-state index contributed by atoms with van der Waals surface area (Å²) >= 11 is 1.92. The highest BCUT2D eigenvalue weighted by atomic mass is 32.2. The Labute approximate surface area is 111 Å². The molecule has 1 aliphatic rings. The predicted molar refractivity (Wildman–Crippen MR) is 74.5 cm³/mol. The third-order valence-electron chi connectivity index (χ3n) is 3.14. The average molecular weight is 266 g/mol. The van der Waals surface area contributed by atoms with E-state index in [1.165, 1.54) is 12.2 Å². The Balaban J connectivity index is 1.99. The van der Waals surface area contributed by atoms with Gasteiger partial charge in [-0.3, -0.25) is 15.6 Å². The molecular weight excluding hydrogens is 248 g/mol. The number of anilines is 1. The van der Waals surface area contributed by atoms with Gasteiger partial charge in [-0.2, -0.15) is 11.8 Å². The van der Waals surface area contributed by atoms with Crippen LogP contribution in [0, 0.1) is 0 Å². The van der Waals surface area contributed by atoms with Crippen molar-refractivity contribution in [2.24, 2.45) is 5.84 Å². The molecule has 0 aliphatic carbocycles. The molecule has 6 heteroatoms. The fourth-order valence-electron chi connectivity index (χ4n) is 2.05. The Bertz CT molecular complexity index is 432. The minimum atomic E-state index is -0.112. The number of hydrogen-bond acceptors (Lipinski definition) is 5. The molecule has 5 nitrogen and oxygen atoms in total. The first-order valence-electron chi connectivity index (χ1n) is 5.97. The zero-order chi connectivity index (χ0) is 13.0. The summed E-state index contributed by atoms with van der Waals surface area (Å²) in [4.78, 5) is 16.0. The first-order valence-corrected chi connectivity index (χ1v) is 6.96. The number of carbonyl (C=O) groups is 1. The van der Waals surface area contributed by atoms with E-state index in [1.54, 1.807) is 18.5 Å². The van der Waals surface area contributed by atoms with Crippen molar-refractivity contribution in [1.29, 1.82) is 0 Å². The number of rotatable bonds is 4. The van der Waals surface area contributed by atoms with Gasteiger partial charge in [0, 0.05) is 17.5 Å². The second kappa shape index (κ2) is 5.58. The molecule has 1 atom stereocenters. The molecule has 0 spiro atoms. The van der Waals surface area contributed by atoms with E-state index in [-0.39, 0.29) is 10.7 Å². The largest absolute Gasteiger partial charge is 0.351 e. The number of hydrogen-bond donors (Lipinski definition) is 3. The Morgan fingerprint density at radius 1 is 1.67 bits per heavy atom. The van der Waals surface area contributed by atoms with Crippen molar-refractivity contribution < 1.29 is 4.79 Å². The van der Waals surface area contributed by atoms with Crippen LogP contribution in [0.25, 0.3) is 0 Å². The predicted octanol–water partition coefficient (Wildman–Crippen LogP) is 1.38. The van der Waals surface area contributed by atoms with Crippen LogP contribution in [0.5, 0.6) is 0 Å². The van der Waals surface area contributed by atoms with Gasteiger partial charge in [-0.25, -0.2) is 0 Å². The minimum absolute atomic E-state index is 0.112. The molecule has 0 aromatic carbocycles. The highest BCUT2D eigenvalue weighted by molar-refractivity contribution is 8.00. The lowest BCUT2D eigenvalue weighted by atomic mass is 10.1. The Morgan fingerprint density at radius 2 is 2.50 bits per heavy atom. The summed E-state index contributed by atoms with van der Waals surface area (Å²) in [6, 6.07) is 1.66. The first kappa shape index (κ1) is 13.2. The van der Waals surface area contributed by atoms with Crippen LogP contribution in [0.1, 0.15) is 30.1 Å². The molecule has 1 aliphatic heterocycles. The lowest BCUT2D eigenvalue weighted by Gasteiger charge is -2.23. The van der Waals surface area contributed by atoms with E-state index in [1.807, 2.05) is 11.8 Å². The minimum Gasteiger partial charge on any atom is -0.351 e. The van der Waals surface area contributed by atoms with Gasteiger partial charge in [-0.05, 0) is 31.6 Å². The van der Waals surface area contributed by atoms with Crippen LogP contribution in [-0.2, 0) is 0 Å². The summed E-state index contributed by atoms with van der Waals surface area (Å²) in [6.07, 6.45) is 5.50. The Morgan fingerprint density at radius 3 is 3.17 bits per heavy atom. The number of thioether (sulfide) groups is 1. The number of carbonyl (C=O) groups excluding carboxylic acids is 1. The zero-order valence-electron chi connectivity index (χ0n) is 10.4. The van der Waals surface area contributed by atoms with Crippen LogP contribution >= 0.6 is 11.8 Å². The van der Waals surface area contributed by atoms with Gasteiger partial charge in [0.25, 0.3) is 5.91 Å². The van der Waals surface area contributed by atoms with Gasteiger partial charge < -0.3 is 10.7 Å². The lowest BCUT2D eigenvalue weighted by molar-refractivity contribution is 0.0950. The maximum absolute atomic E-state index is 12.1. The van der Waals surface area contributed by atoms with Crippen molar-refractivity contribution >= 4 is 23.4 Å². The SMILES string of the molecule is CC1(CNC(=O)c2ccncc2NN)CCCS1. The van der Waals surface area contributed by atoms with E-state index in [2.05, 4.69) is 22.7 Å². The average Bonchev–Trinajstić information content (AvgIpc) is 2.83. The second-order valence-corrected chi connectivity index (χ2v) is 6.33. The zero-order valence-corrected chi connectivity index (χ0v) is 11.2. The van der Waals surface area contributed by atoms with Crippen LogP contribution in [0.2, 0.25) is 0 Å².